The maximum absolute atomic E-state index is 11.2. The lowest BCUT2D eigenvalue weighted by Gasteiger charge is -2.15. The van der Waals surface area contributed by atoms with Gasteiger partial charge in [0.2, 0.25) is 0 Å². The SMILES string of the molecule is C=CCNC(=O)N(C)C1CC1. The van der Waals surface area contributed by atoms with E-state index in [0.29, 0.717) is 12.6 Å². The van der Waals surface area contributed by atoms with Crippen molar-refractivity contribution in [1.29, 1.82) is 0 Å². The molecule has 0 saturated heterocycles. The Kier molecular flexibility index (Phi) is 2.52. The largest absolute Gasteiger partial charge is 0.335 e. The zero-order valence-electron chi connectivity index (χ0n) is 6.84. The van der Waals surface area contributed by atoms with Gasteiger partial charge in [-0.25, -0.2) is 4.79 Å². The summed E-state index contributed by atoms with van der Waals surface area (Å²) in [6, 6.07) is 0.493. The Morgan fingerprint density at radius 1 is 1.82 bits per heavy atom. The van der Waals surface area contributed by atoms with E-state index < -0.39 is 0 Å². The summed E-state index contributed by atoms with van der Waals surface area (Å²) >= 11 is 0. The number of amides is 2. The summed E-state index contributed by atoms with van der Waals surface area (Å²) in [5, 5.41) is 2.72. The molecule has 1 fully saturated rings. The van der Waals surface area contributed by atoms with Crippen LogP contribution >= 0.6 is 0 Å². The molecule has 62 valence electrons. The van der Waals surface area contributed by atoms with Crippen molar-refractivity contribution in [2.45, 2.75) is 18.9 Å². The molecule has 3 heteroatoms. The molecule has 1 saturated carbocycles. The molecule has 0 aliphatic heterocycles. The van der Waals surface area contributed by atoms with Crippen molar-refractivity contribution in [1.82, 2.24) is 10.2 Å². The molecule has 0 aromatic carbocycles. The van der Waals surface area contributed by atoms with Crippen molar-refractivity contribution >= 4 is 6.03 Å². The van der Waals surface area contributed by atoms with Gasteiger partial charge in [0.25, 0.3) is 0 Å². The van der Waals surface area contributed by atoms with Crippen LogP contribution in [0.4, 0.5) is 4.79 Å². The summed E-state index contributed by atoms with van der Waals surface area (Å²) in [7, 11) is 1.83. The maximum atomic E-state index is 11.2. The zero-order chi connectivity index (χ0) is 8.27. The first-order valence-corrected chi connectivity index (χ1v) is 3.87. The number of nitrogens with one attached hydrogen (secondary N) is 1. The second kappa shape index (κ2) is 3.42. The second-order valence-electron chi connectivity index (χ2n) is 2.82. The standard InChI is InChI=1S/C8H14N2O/c1-3-6-9-8(11)10(2)7-4-5-7/h3,7H,1,4-6H2,2H3,(H,9,11). The Hall–Kier alpha value is -0.990. The minimum absolute atomic E-state index is 0.00685. The van der Waals surface area contributed by atoms with Gasteiger partial charge in [0.1, 0.15) is 0 Å². The molecule has 1 aliphatic carbocycles. The minimum atomic E-state index is 0.00685. The average molecular weight is 154 g/mol. The van der Waals surface area contributed by atoms with Gasteiger partial charge in [-0.2, -0.15) is 0 Å². The van der Waals surface area contributed by atoms with Crippen molar-refractivity contribution in [2.24, 2.45) is 0 Å². The molecule has 0 bridgehead atoms. The van der Waals surface area contributed by atoms with Crippen LogP contribution in [0.15, 0.2) is 12.7 Å². The number of carbonyl (C=O) groups is 1. The Morgan fingerprint density at radius 3 is 2.91 bits per heavy atom. The Labute approximate surface area is 67.1 Å². The summed E-state index contributed by atoms with van der Waals surface area (Å²) in [5.74, 6) is 0. The molecule has 0 heterocycles. The highest BCUT2D eigenvalue weighted by Gasteiger charge is 2.28. The van der Waals surface area contributed by atoms with Crippen LogP contribution in [0.1, 0.15) is 12.8 Å². The highest BCUT2D eigenvalue weighted by molar-refractivity contribution is 5.74. The van der Waals surface area contributed by atoms with E-state index in [1.54, 1.807) is 11.0 Å². The minimum Gasteiger partial charge on any atom is -0.335 e. The first kappa shape index (κ1) is 8.11. The topological polar surface area (TPSA) is 32.3 Å². The highest BCUT2D eigenvalue weighted by Crippen LogP contribution is 2.24. The molecule has 2 amide bonds. The molecule has 1 N–H and O–H groups in total. The van der Waals surface area contributed by atoms with Gasteiger partial charge >= 0.3 is 6.03 Å². The molecule has 0 atom stereocenters. The molecule has 1 aliphatic rings. The fourth-order valence-corrected chi connectivity index (χ4v) is 0.912. The molecule has 3 nitrogen and oxygen atoms in total. The van der Waals surface area contributed by atoms with Crippen LogP contribution in [0.5, 0.6) is 0 Å². The van der Waals surface area contributed by atoms with Gasteiger partial charge in [-0.3, -0.25) is 0 Å². The van der Waals surface area contributed by atoms with Crippen molar-refractivity contribution < 1.29 is 4.79 Å². The van der Waals surface area contributed by atoms with E-state index in [4.69, 9.17) is 0 Å². The van der Waals surface area contributed by atoms with E-state index in [1.807, 2.05) is 7.05 Å². The lowest BCUT2D eigenvalue weighted by molar-refractivity contribution is 0.208. The van der Waals surface area contributed by atoms with Crippen molar-refractivity contribution in [3.8, 4) is 0 Å². The van der Waals surface area contributed by atoms with Gasteiger partial charge < -0.3 is 10.2 Å². The molecule has 0 aromatic heterocycles. The molecule has 0 radical (unpaired) electrons. The van der Waals surface area contributed by atoms with E-state index in [1.165, 1.54) is 0 Å². The van der Waals surface area contributed by atoms with Crippen LogP contribution in [-0.2, 0) is 0 Å². The van der Waals surface area contributed by atoms with E-state index >= 15 is 0 Å². The fourth-order valence-electron chi connectivity index (χ4n) is 0.912. The summed E-state index contributed by atoms with van der Waals surface area (Å²) in [6.07, 6.45) is 3.98. The number of urea groups is 1. The van der Waals surface area contributed by atoms with Crippen molar-refractivity contribution in [3.05, 3.63) is 12.7 Å². The lowest BCUT2D eigenvalue weighted by Crippen LogP contribution is -2.38. The summed E-state index contributed by atoms with van der Waals surface area (Å²) in [6.45, 7) is 4.07. The quantitative estimate of drug-likeness (QED) is 0.604. The van der Waals surface area contributed by atoms with E-state index in [-0.39, 0.29) is 6.03 Å². The third kappa shape index (κ3) is 2.26. The van der Waals surface area contributed by atoms with Gasteiger partial charge in [0.05, 0.1) is 0 Å². The summed E-state index contributed by atoms with van der Waals surface area (Å²) in [4.78, 5) is 12.9. The molecular weight excluding hydrogens is 140 g/mol. The molecular formula is C8H14N2O. The van der Waals surface area contributed by atoms with Gasteiger partial charge in [0, 0.05) is 19.6 Å². The van der Waals surface area contributed by atoms with Crippen molar-refractivity contribution in [2.75, 3.05) is 13.6 Å². The number of rotatable bonds is 3. The number of hydrogen-bond acceptors (Lipinski definition) is 1. The predicted molar refractivity (Wildman–Crippen MR) is 44.4 cm³/mol. The lowest BCUT2D eigenvalue weighted by atomic mass is 10.5. The van der Waals surface area contributed by atoms with E-state index in [2.05, 4.69) is 11.9 Å². The predicted octanol–water partition coefficient (Wildman–Crippen LogP) is 0.976. The Morgan fingerprint density at radius 2 is 2.45 bits per heavy atom. The van der Waals surface area contributed by atoms with E-state index in [9.17, 15) is 4.79 Å². The molecule has 0 aromatic rings. The number of nitrogens with zero attached hydrogens (tertiary/aromatic N) is 1. The normalized spacial score (nSPS) is 15.7. The third-order valence-corrected chi connectivity index (χ3v) is 1.81. The third-order valence-electron chi connectivity index (χ3n) is 1.81. The van der Waals surface area contributed by atoms with Gasteiger partial charge in [-0.1, -0.05) is 6.08 Å². The first-order chi connectivity index (χ1) is 5.25. The Balaban J connectivity index is 2.21. The smallest absolute Gasteiger partial charge is 0.317 e. The van der Waals surface area contributed by atoms with Gasteiger partial charge in [-0.15, -0.1) is 6.58 Å². The molecule has 1 rings (SSSR count). The summed E-state index contributed by atoms with van der Waals surface area (Å²) < 4.78 is 0. The van der Waals surface area contributed by atoms with E-state index in [0.717, 1.165) is 12.8 Å². The molecule has 0 unspecified atom stereocenters. The second-order valence-corrected chi connectivity index (χ2v) is 2.82. The maximum Gasteiger partial charge on any atom is 0.317 e. The molecule has 0 spiro atoms. The van der Waals surface area contributed by atoms with Gasteiger partial charge in [-0.05, 0) is 12.8 Å². The first-order valence-electron chi connectivity index (χ1n) is 3.87. The van der Waals surface area contributed by atoms with Crippen LogP contribution in [0.3, 0.4) is 0 Å². The fraction of sp³-hybridized carbons (Fsp3) is 0.625. The highest BCUT2D eigenvalue weighted by atomic mass is 16.2. The Bertz CT molecular complexity index is 163. The molecule has 11 heavy (non-hydrogen) atoms. The average Bonchev–Trinajstić information content (AvgIpc) is 2.81. The van der Waals surface area contributed by atoms with Crippen LogP contribution in [0.2, 0.25) is 0 Å². The zero-order valence-corrected chi connectivity index (χ0v) is 6.84. The summed E-state index contributed by atoms with van der Waals surface area (Å²) in [5.41, 5.74) is 0. The van der Waals surface area contributed by atoms with Crippen LogP contribution in [0, 0.1) is 0 Å². The number of carbonyl (C=O) groups excluding carboxylic acids is 1. The van der Waals surface area contributed by atoms with Gasteiger partial charge in [0.15, 0.2) is 0 Å². The van der Waals surface area contributed by atoms with Crippen molar-refractivity contribution in [3.63, 3.8) is 0 Å². The van der Waals surface area contributed by atoms with Crippen LogP contribution in [-0.4, -0.2) is 30.6 Å². The van der Waals surface area contributed by atoms with Crippen LogP contribution < -0.4 is 5.32 Å². The monoisotopic (exact) mass is 154 g/mol. The van der Waals surface area contributed by atoms with Crippen LogP contribution in [0.25, 0.3) is 0 Å². The number of hydrogen-bond donors (Lipinski definition) is 1.